The Labute approximate surface area is 174 Å². The second-order valence-electron chi connectivity index (χ2n) is 6.91. The molecule has 4 rings (SSSR count). The quantitative estimate of drug-likeness (QED) is 0.442. The number of aromatic hydroxyl groups is 1. The summed E-state index contributed by atoms with van der Waals surface area (Å²) in [5.41, 5.74) is 3.06. The zero-order valence-electron chi connectivity index (χ0n) is 16.5. The molecule has 0 atom stereocenters. The lowest BCUT2D eigenvalue weighted by atomic mass is 10.2. The maximum absolute atomic E-state index is 12.2. The summed E-state index contributed by atoms with van der Waals surface area (Å²) in [6.45, 7) is 2.16. The SMILES string of the molecule is Cc1ccccc1OCC(=O)N=Nc1c(O)n(Cc2ccccc2)c2ccccc12. The highest BCUT2D eigenvalue weighted by Crippen LogP contribution is 2.39. The molecular formula is C24H21N3O3. The summed E-state index contributed by atoms with van der Waals surface area (Å²) < 4.78 is 7.28. The summed E-state index contributed by atoms with van der Waals surface area (Å²) in [6.07, 6.45) is 0. The molecule has 0 aliphatic carbocycles. The lowest BCUT2D eigenvalue weighted by Crippen LogP contribution is -2.08. The third kappa shape index (κ3) is 4.07. The van der Waals surface area contributed by atoms with Crippen molar-refractivity contribution in [2.45, 2.75) is 13.5 Å². The zero-order chi connectivity index (χ0) is 20.9. The molecule has 0 aliphatic rings. The topological polar surface area (TPSA) is 76.2 Å². The van der Waals surface area contributed by atoms with E-state index >= 15 is 0 Å². The van der Waals surface area contributed by atoms with Crippen LogP contribution in [0, 0.1) is 6.92 Å². The largest absolute Gasteiger partial charge is 0.493 e. The first-order chi connectivity index (χ1) is 14.6. The van der Waals surface area contributed by atoms with E-state index in [-0.39, 0.29) is 18.2 Å². The summed E-state index contributed by atoms with van der Waals surface area (Å²) in [5, 5.41) is 19.3. The third-order valence-corrected chi connectivity index (χ3v) is 4.81. The number of ether oxygens (including phenoxy) is 1. The number of rotatable bonds is 6. The molecule has 3 aromatic carbocycles. The Hall–Kier alpha value is -3.93. The standard InChI is InChI=1S/C24H21N3O3/c1-17-9-5-8-14-21(17)30-16-22(28)25-26-23-19-12-6-7-13-20(19)27(24(23)29)15-18-10-3-2-4-11-18/h2-14,29H,15-16H2,1H3. The van der Waals surface area contributed by atoms with Gasteiger partial charge in [-0.15, -0.1) is 10.2 Å². The van der Waals surface area contributed by atoms with Gasteiger partial charge < -0.3 is 14.4 Å². The lowest BCUT2D eigenvalue weighted by Gasteiger charge is -2.07. The number of aryl methyl sites for hydroxylation is 1. The Kier molecular flexibility index (Phi) is 5.57. The fourth-order valence-corrected chi connectivity index (χ4v) is 3.29. The van der Waals surface area contributed by atoms with E-state index in [1.54, 1.807) is 10.6 Å². The van der Waals surface area contributed by atoms with Gasteiger partial charge in [-0.2, -0.15) is 0 Å². The van der Waals surface area contributed by atoms with Crippen LogP contribution in [0.4, 0.5) is 5.69 Å². The van der Waals surface area contributed by atoms with Gasteiger partial charge in [0.05, 0.1) is 12.1 Å². The average Bonchev–Trinajstić information content (AvgIpc) is 3.03. The second-order valence-corrected chi connectivity index (χ2v) is 6.91. The highest BCUT2D eigenvalue weighted by atomic mass is 16.5. The van der Waals surface area contributed by atoms with E-state index in [1.165, 1.54) is 0 Å². The van der Waals surface area contributed by atoms with Gasteiger partial charge in [0.2, 0.25) is 5.88 Å². The maximum atomic E-state index is 12.2. The van der Waals surface area contributed by atoms with E-state index in [2.05, 4.69) is 10.2 Å². The van der Waals surface area contributed by atoms with Crippen LogP contribution in [0.5, 0.6) is 11.6 Å². The van der Waals surface area contributed by atoms with Crippen molar-refractivity contribution in [3.63, 3.8) is 0 Å². The number of hydrogen-bond donors (Lipinski definition) is 1. The minimum atomic E-state index is -0.530. The fraction of sp³-hybridized carbons (Fsp3) is 0.125. The van der Waals surface area contributed by atoms with Crippen molar-refractivity contribution in [3.05, 3.63) is 90.0 Å². The Morgan fingerprint density at radius 1 is 0.967 bits per heavy atom. The molecule has 1 N–H and O–H groups in total. The average molecular weight is 399 g/mol. The van der Waals surface area contributed by atoms with E-state index in [0.717, 1.165) is 22.0 Å². The number of benzene rings is 3. The predicted molar refractivity (Wildman–Crippen MR) is 115 cm³/mol. The molecule has 1 heterocycles. The Morgan fingerprint density at radius 2 is 1.67 bits per heavy atom. The normalized spacial score (nSPS) is 11.2. The van der Waals surface area contributed by atoms with E-state index < -0.39 is 5.91 Å². The summed E-state index contributed by atoms with van der Waals surface area (Å²) >= 11 is 0. The molecule has 150 valence electrons. The number of amides is 1. The molecule has 4 aromatic rings. The minimum absolute atomic E-state index is 0.0311. The van der Waals surface area contributed by atoms with Gasteiger partial charge in [0.1, 0.15) is 5.75 Å². The van der Waals surface area contributed by atoms with E-state index in [4.69, 9.17) is 4.74 Å². The van der Waals surface area contributed by atoms with Gasteiger partial charge >= 0.3 is 5.91 Å². The van der Waals surface area contributed by atoms with Gasteiger partial charge in [-0.25, -0.2) is 0 Å². The smallest absolute Gasteiger partial charge is 0.302 e. The number of aromatic nitrogens is 1. The van der Waals surface area contributed by atoms with Crippen molar-refractivity contribution in [3.8, 4) is 11.6 Å². The highest BCUT2D eigenvalue weighted by Gasteiger charge is 2.17. The highest BCUT2D eigenvalue weighted by molar-refractivity contribution is 5.95. The van der Waals surface area contributed by atoms with E-state index in [9.17, 15) is 9.90 Å². The number of fused-ring (bicyclic) bond motifs is 1. The Bertz CT molecular complexity index is 1210. The molecule has 6 heteroatoms. The summed E-state index contributed by atoms with van der Waals surface area (Å²) in [7, 11) is 0. The van der Waals surface area contributed by atoms with Crippen LogP contribution in [0.2, 0.25) is 0 Å². The third-order valence-electron chi connectivity index (χ3n) is 4.81. The molecule has 0 bridgehead atoms. The molecular weight excluding hydrogens is 378 g/mol. The molecule has 1 aromatic heterocycles. The molecule has 0 unspecified atom stereocenters. The molecule has 0 saturated heterocycles. The zero-order valence-corrected chi connectivity index (χ0v) is 16.5. The predicted octanol–water partition coefficient (Wildman–Crippen LogP) is 5.39. The van der Waals surface area contributed by atoms with Crippen molar-refractivity contribution in [1.29, 1.82) is 0 Å². The van der Waals surface area contributed by atoms with Crippen molar-refractivity contribution in [2.24, 2.45) is 10.2 Å². The maximum Gasteiger partial charge on any atom is 0.302 e. The molecule has 0 aliphatic heterocycles. The number of para-hydroxylation sites is 2. The number of nitrogens with zero attached hydrogens (tertiary/aromatic N) is 3. The van der Waals surface area contributed by atoms with Crippen LogP contribution in [0.3, 0.4) is 0 Å². The number of carbonyl (C=O) groups is 1. The van der Waals surface area contributed by atoms with E-state index in [1.807, 2.05) is 79.7 Å². The Morgan fingerprint density at radius 3 is 2.47 bits per heavy atom. The van der Waals surface area contributed by atoms with Crippen molar-refractivity contribution >= 4 is 22.5 Å². The summed E-state index contributed by atoms with van der Waals surface area (Å²) in [4.78, 5) is 12.2. The molecule has 1 amide bonds. The van der Waals surface area contributed by atoms with Crippen LogP contribution in [-0.2, 0) is 11.3 Å². The molecule has 30 heavy (non-hydrogen) atoms. The van der Waals surface area contributed by atoms with Gasteiger partial charge in [-0.05, 0) is 30.2 Å². The van der Waals surface area contributed by atoms with Crippen LogP contribution >= 0.6 is 0 Å². The lowest BCUT2D eigenvalue weighted by molar-refractivity contribution is -0.120. The molecule has 0 fully saturated rings. The van der Waals surface area contributed by atoms with Crippen molar-refractivity contribution in [1.82, 2.24) is 4.57 Å². The van der Waals surface area contributed by atoms with Gasteiger partial charge in [-0.3, -0.25) is 4.79 Å². The number of hydrogen-bond acceptors (Lipinski definition) is 4. The first-order valence-corrected chi connectivity index (χ1v) is 9.60. The number of carbonyl (C=O) groups excluding carboxylic acids is 1. The summed E-state index contributed by atoms with van der Waals surface area (Å²) in [5.74, 6) is 0.0670. The van der Waals surface area contributed by atoms with Crippen LogP contribution < -0.4 is 4.74 Å². The minimum Gasteiger partial charge on any atom is -0.493 e. The molecule has 0 saturated carbocycles. The first-order valence-electron chi connectivity index (χ1n) is 9.60. The Balaban J connectivity index is 1.57. The second kappa shape index (κ2) is 8.61. The summed E-state index contributed by atoms with van der Waals surface area (Å²) in [6, 6.07) is 24.8. The molecule has 6 nitrogen and oxygen atoms in total. The fourth-order valence-electron chi connectivity index (χ4n) is 3.29. The van der Waals surface area contributed by atoms with Gasteiger partial charge in [0.25, 0.3) is 0 Å². The van der Waals surface area contributed by atoms with Gasteiger partial charge in [-0.1, -0.05) is 66.7 Å². The van der Waals surface area contributed by atoms with Gasteiger partial charge in [0.15, 0.2) is 12.3 Å². The van der Waals surface area contributed by atoms with Gasteiger partial charge in [0, 0.05) is 5.39 Å². The van der Waals surface area contributed by atoms with Crippen LogP contribution in [0.15, 0.2) is 89.1 Å². The number of azo groups is 1. The van der Waals surface area contributed by atoms with Crippen molar-refractivity contribution in [2.75, 3.05) is 6.61 Å². The molecule has 0 radical (unpaired) electrons. The molecule has 0 spiro atoms. The van der Waals surface area contributed by atoms with Crippen molar-refractivity contribution < 1.29 is 14.6 Å². The van der Waals surface area contributed by atoms with Crippen LogP contribution in [-0.4, -0.2) is 22.2 Å². The monoisotopic (exact) mass is 399 g/mol. The van der Waals surface area contributed by atoms with E-state index in [0.29, 0.717) is 12.3 Å². The first kappa shape index (κ1) is 19.4. The van der Waals surface area contributed by atoms with Crippen LogP contribution in [0.25, 0.3) is 10.9 Å². The van der Waals surface area contributed by atoms with Crippen LogP contribution in [0.1, 0.15) is 11.1 Å².